The van der Waals surface area contributed by atoms with E-state index in [1.54, 1.807) is 0 Å². The molecule has 0 aliphatic rings. The second-order valence-corrected chi connectivity index (χ2v) is 19.9. The summed E-state index contributed by atoms with van der Waals surface area (Å²) >= 11 is 0. The number of benzene rings is 15. The third-order valence-corrected chi connectivity index (χ3v) is 15.9. The third kappa shape index (κ3) is 6.16. The molecular formula is C72H42O. The first-order valence-corrected chi connectivity index (χ1v) is 25.3. The van der Waals surface area contributed by atoms with Crippen LogP contribution in [0.5, 0.6) is 0 Å². The maximum Gasteiger partial charge on any atom is 0.135 e. The molecule has 1 heterocycles. The number of hydrogen-bond acceptors (Lipinski definition) is 1. The summed E-state index contributed by atoms with van der Waals surface area (Å²) in [5.41, 5.74) is 11.5. The Balaban J connectivity index is 0.910. The van der Waals surface area contributed by atoms with Crippen molar-refractivity contribution in [2.24, 2.45) is 0 Å². The van der Waals surface area contributed by atoms with E-state index in [9.17, 15) is 0 Å². The minimum atomic E-state index is 0.904. The van der Waals surface area contributed by atoms with Gasteiger partial charge in [-0.2, -0.15) is 0 Å². The fourth-order valence-corrected chi connectivity index (χ4v) is 12.4. The van der Waals surface area contributed by atoms with Gasteiger partial charge >= 0.3 is 0 Å². The summed E-state index contributed by atoms with van der Waals surface area (Å²) in [5, 5.41) is 24.9. The van der Waals surface area contributed by atoms with Crippen molar-refractivity contribution in [3.05, 3.63) is 255 Å². The summed E-state index contributed by atoms with van der Waals surface area (Å²) in [4.78, 5) is 0. The summed E-state index contributed by atoms with van der Waals surface area (Å²) in [7, 11) is 0. The van der Waals surface area contributed by atoms with Crippen molar-refractivity contribution in [3.63, 3.8) is 0 Å². The van der Waals surface area contributed by atoms with E-state index >= 15 is 0 Å². The molecule has 0 saturated carbocycles. The Morgan fingerprint density at radius 3 is 1.47 bits per heavy atom. The van der Waals surface area contributed by atoms with E-state index < -0.39 is 0 Å². The molecule has 0 aliphatic carbocycles. The van der Waals surface area contributed by atoms with Crippen molar-refractivity contribution in [1.29, 1.82) is 0 Å². The summed E-state index contributed by atoms with van der Waals surface area (Å²) in [6.45, 7) is 0. The molecule has 0 aliphatic heterocycles. The van der Waals surface area contributed by atoms with Gasteiger partial charge in [0.2, 0.25) is 0 Å². The van der Waals surface area contributed by atoms with E-state index in [1.807, 2.05) is 6.07 Å². The van der Waals surface area contributed by atoms with Gasteiger partial charge in [-0.3, -0.25) is 0 Å². The van der Waals surface area contributed by atoms with E-state index in [-0.39, 0.29) is 0 Å². The van der Waals surface area contributed by atoms with Crippen LogP contribution in [0.15, 0.2) is 259 Å². The Morgan fingerprint density at radius 2 is 0.644 bits per heavy atom. The molecule has 0 spiro atoms. The lowest BCUT2D eigenvalue weighted by molar-refractivity contribution is 0.669. The molecule has 0 bridgehead atoms. The molecule has 16 rings (SSSR count). The van der Waals surface area contributed by atoms with Crippen LogP contribution in [-0.2, 0) is 0 Å². The molecule has 0 amide bonds. The van der Waals surface area contributed by atoms with Crippen LogP contribution in [0.25, 0.3) is 163 Å². The largest absolute Gasteiger partial charge is 0.456 e. The van der Waals surface area contributed by atoms with Gasteiger partial charge in [0, 0.05) is 10.8 Å². The molecule has 0 unspecified atom stereocenters. The van der Waals surface area contributed by atoms with Crippen LogP contribution >= 0.6 is 0 Å². The number of rotatable bonds is 4. The number of fused-ring (bicyclic) bond motifs is 18. The topological polar surface area (TPSA) is 13.1 Å². The summed E-state index contributed by atoms with van der Waals surface area (Å²) < 4.78 is 6.33. The smallest absolute Gasteiger partial charge is 0.135 e. The molecule has 0 atom stereocenters. The van der Waals surface area contributed by atoms with Gasteiger partial charge < -0.3 is 4.42 Å². The molecule has 0 fully saturated rings. The van der Waals surface area contributed by atoms with E-state index in [0.29, 0.717) is 0 Å². The molecule has 0 N–H and O–H groups in total. The first-order chi connectivity index (χ1) is 36.1. The van der Waals surface area contributed by atoms with Crippen molar-refractivity contribution >= 4 is 119 Å². The van der Waals surface area contributed by atoms with Crippen LogP contribution in [0.4, 0.5) is 0 Å². The van der Waals surface area contributed by atoms with E-state index in [4.69, 9.17) is 4.42 Å². The van der Waals surface area contributed by atoms with Gasteiger partial charge in [0.15, 0.2) is 0 Å². The average Bonchev–Trinajstić information content (AvgIpc) is 3.84. The summed E-state index contributed by atoms with van der Waals surface area (Å²) in [6, 6.07) is 94.8. The van der Waals surface area contributed by atoms with Gasteiger partial charge in [-0.15, -0.1) is 0 Å². The van der Waals surface area contributed by atoms with Gasteiger partial charge in [0.25, 0.3) is 0 Å². The Hall–Kier alpha value is -9.56. The molecule has 16 aromatic rings. The molecule has 0 radical (unpaired) electrons. The fourth-order valence-electron chi connectivity index (χ4n) is 12.4. The zero-order valence-corrected chi connectivity index (χ0v) is 39.7. The zero-order chi connectivity index (χ0) is 47.7. The first kappa shape index (κ1) is 40.2. The van der Waals surface area contributed by atoms with Crippen molar-refractivity contribution in [3.8, 4) is 44.5 Å². The molecule has 336 valence electrons. The van der Waals surface area contributed by atoms with Crippen LogP contribution < -0.4 is 0 Å². The monoisotopic (exact) mass is 922 g/mol. The highest BCUT2D eigenvalue weighted by molar-refractivity contribution is 6.32. The molecule has 1 aromatic heterocycles. The van der Waals surface area contributed by atoms with Crippen LogP contribution in [-0.4, -0.2) is 0 Å². The average molecular weight is 923 g/mol. The molecule has 73 heavy (non-hydrogen) atoms. The van der Waals surface area contributed by atoms with Crippen LogP contribution in [0, 0.1) is 0 Å². The predicted octanol–water partition coefficient (Wildman–Crippen LogP) is 20.6. The summed E-state index contributed by atoms with van der Waals surface area (Å²) in [5.74, 6) is 0. The molecule has 1 heteroatoms. The second kappa shape index (κ2) is 15.5. The van der Waals surface area contributed by atoms with E-state index in [2.05, 4.69) is 249 Å². The van der Waals surface area contributed by atoms with Gasteiger partial charge in [-0.1, -0.05) is 200 Å². The number of para-hydroxylation sites is 1. The lowest BCUT2D eigenvalue weighted by atomic mass is 9.86. The molecule has 1 nitrogen and oxygen atoms in total. The Bertz CT molecular complexity index is 5020. The first-order valence-electron chi connectivity index (χ1n) is 25.3. The maximum absolute atomic E-state index is 6.33. The van der Waals surface area contributed by atoms with Crippen molar-refractivity contribution in [2.75, 3.05) is 0 Å². The molecular weight excluding hydrogens is 881 g/mol. The van der Waals surface area contributed by atoms with Crippen LogP contribution in [0.2, 0.25) is 0 Å². The van der Waals surface area contributed by atoms with Crippen molar-refractivity contribution < 1.29 is 4.42 Å². The third-order valence-electron chi connectivity index (χ3n) is 15.9. The van der Waals surface area contributed by atoms with Gasteiger partial charge in [0.1, 0.15) is 11.2 Å². The highest BCUT2D eigenvalue weighted by Gasteiger charge is 2.19. The lowest BCUT2D eigenvalue weighted by Gasteiger charge is -2.17. The highest BCUT2D eigenvalue weighted by Crippen LogP contribution is 2.46. The van der Waals surface area contributed by atoms with E-state index in [1.165, 1.54) is 141 Å². The van der Waals surface area contributed by atoms with E-state index in [0.717, 1.165) is 21.9 Å². The normalized spacial score (nSPS) is 12.1. The Labute approximate surface area is 420 Å². The van der Waals surface area contributed by atoms with Gasteiger partial charge in [-0.25, -0.2) is 0 Å². The minimum Gasteiger partial charge on any atom is -0.456 e. The second-order valence-electron chi connectivity index (χ2n) is 19.9. The highest BCUT2D eigenvalue weighted by atomic mass is 16.3. The zero-order valence-electron chi connectivity index (χ0n) is 39.7. The minimum absolute atomic E-state index is 0.904. The number of furan rings is 1. The van der Waals surface area contributed by atoms with Gasteiger partial charge in [0.05, 0.1) is 0 Å². The Morgan fingerprint density at radius 1 is 0.178 bits per heavy atom. The van der Waals surface area contributed by atoms with Crippen molar-refractivity contribution in [2.45, 2.75) is 0 Å². The predicted molar refractivity (Wildman–Crippen MR) is 313 cm³/mol. The molecule has 15 aromatic carbocycles. The van der Waals surface area contributed by atoms with Crippen molar-refractivity contribution in [1.82, 2.24) is 0 Å². The maximum atomic E-state index is 6.33. The van der Waals surface area contributed by atoms with Crippen LogP contribution in [0.1, 0.15) is 0 Å². The quantitative estimate of drug-likeness (QED) is 0.160. The lowest BCUT2D eigenvalue weighted by Crippen LogP contribution is -1.90. The van der Waals surface area contributed by atoms with Gasteiger partial charge in [-0.05, 0) is 196 Å². The summed E-state index contributed by atoms with van der Waals surface area (Å²) in [6.07, 6.45) is 0. The SMILES string of the molecule is c1ccc(-c2ccc3ccc(-c4ccc5ccc6ccc7cc(-c8ccc9c(c8)cc(-c8ccc%10oc%11ccccc%11c%10c8)c8ccc%10ccc%11ccccc%11c%10c89)c8ccccc8c7c6c5c4)cc3c2)cc1. The number of hydrogen-bond donors (Lipinski definition) is 0. The van der Waals surface area contributed by atoms with Crippen LogP contribution in [0.3, 0.4) is 0 Å². The molecule has 0 saturated heterocycles. The Kier molecular flexibility index (Phi) is 8.52. The fraction of sp³-hybridized carbons (Fsp3) is 0. The standard InChI is InChI=1S/C72H42O/c1-2-10-43(11-3-1)49-26-18-44-19-27-50(37-55(44)36-49)51-28-22-46-21-24-47-25-29-54-41-63(59-14-6-7-16-61(59)71(54)70(47)65(46)39-51)52-31-33-58-56(38-52)42-64(53-32-35-68-66(40-53)60-15-8-9-17-67(60)73-68)62-34-30-48-23-20-45-12-4-5-13-57(45)69(48)72(58)62/h1-42H.